The van der Waals surface area contributed by atoms with Gasteiger partial charge in [-0.2, -0.15) is 5.10 Å². The molecule has 12 heteroatoms. The number of hydrogen-bond donors (Lipinski definition) is 1. The molecule has 37 heavy (non-hydrogen) atoms. The number of methoxy groups -OCH3 is 2. The maximum atomic E-state index is 12.4. The van der Waals surface area contributed by atoms with Crippen LogP contribution >= 0.6 is 11.8 Å². The summed E-state index contributed by atoms with van der Waals surface area (Å²) in [7, 11) is 3.12. The molecule has 0 atom stereocenters. The Hall–Kier alpha value is -4.71. The highest BCUT2D eigenvalue weighted by molar-refractivity contribution is 7.99. The van der Waals surface area contributed by atoms with Gasteiger partial charge in [-0.05, 0) is 36.4 Å². The van der Waals surface area contributed by atoms with E-state index in [0.29, 0.717) is 22.5 Å². The molecule has 0 saturated heterocycles. The van der Waals surface area contributed by atoms with Crippen molar-refractivity contribution in [1.82, 2.24) is 20.2 Å². The standard InChI is InChI=1S/C25H22N6O5S/c1-35-21-13-12-17(14-22(21)36-2)24-28-29-25(30(24)19-9-4-3-5-10-19)37-16-23(32)27-26-15-18-8-6-7-11-20(18)31(33)34/h3-15H,16H2,1-2H3,(H,27,32)/b26-15-. The van der Waals surface area contributed by atoms with Gasteiger partial charge in [0.25, 0.3) is 11.6 Å². The molecule has 1 N–H and O–H groups in total. The summed E-state index contributed by atoms with van der Waals surface area (Å²) >= 11 is 1.18. The van der Waals surface area contributed by atoms with Gasteiger partial charge in [-0.1, -0.05) is 42.1 Å². The number of hydrazone groups is 1. The molecule has 0 aliphatic carbocycles. The summed E-state index contributed by atoms with van der Waals surface area (Å²) in [6.07, 6.45) is 1.24. The van der Waals surface area contributed by atoms with Crippen LogP contribution in [0.4, 0.5) is 5.69 Å². The fraction of sp³-hybridized carbons (Fsp3) is 0.120. The molecular formula is C25H22N6O5S. The van der Waals surface area contributed by atoms with Crippen molar-refractivity contribution in [3.63, 3.8) is 0 Å². The van der Waals surface area contributed by atoms with Crippen molar-refractivity contribution < 1.29 is 19.2 Å². The summed E-state index contributed by atoms with van der Waals surface area (Å²) in [5.74, 6) is 1.28. The van der Waals surface area contributed by atoms with E-state index in [9.17, 15) is 14.9 Å². The lowest BCUT2D eigenvalue weighted by atomic mass is 10.2. The molecule has 1 amide bonds. The Labute approximate surface area is 216 Å². The number of ether oxygens (including phenoxy) is 2. The van der Waals surface area contributed by atoms with Crippen molar-refractivity contribution in [2.75, 3.05) is 20.0 Å². The summed E-state index contributed by atoms with van der Waals surface area (Å²) in [6, 6.07) is 21.1. The molecule has 0 aliphatic rings. The topological polar surface area (TPSA) is 134 Å². The largest absolute Gasteiger partial charge is 0.493 e. The van der Waals surface area contributed by atoms with Gasteiger partial charge >= 0.3 is 0 Å². The van der Waals surface area contributed by atoms with Gasteiger partial charge < -0.3 is 9.47 Å². The van der Waals surface area contributed by atoms with E-state index in [-0.39, 0.29) is 17.0 Å². The normalized spacial score (nSPS) is 10.9. The molecule has 0 unspecified atom stereocenters. The van der Waals surface area contributed by atoms with E-state index in [4.69, 9.17) is 9.47 Å². The monoisotopic (exact) mass is 518 g/mol. The quantitative estimate of drug-likeness (QED) is 0.144. The second kappa shape index (κ2) is 11.8. The summed E-state index contributed by atoms with van der Waals surface area (Å²) in [5.41, 5.74) is 4.13. The van der Waals surface area contributed by atoms with Crippen LogP contribution in [0.2, 0.25) is 0 Å². The average Bonchev–Trinajstić information content (AvgIpc) is 3.36. The van der Waals surface area contributed by atoms with Crippen LogP contribution in [0.15, 0.2) is 83.1 Å². The lowest BCUT2D eigenvalue weighted by molar-refractivity contribution is -0.385. The molecule has 0 fully saturated rings. The number of nitrogens with zero attached hydrogens (tertiary/aromatic N) is 5. The van der Waals surface area contributed by atoms with E-state index >= 15 is 0 Å². The van der Waals surface area contributed by atoms with E-state index in [1.165, 1.54) is 24.0 Å². The number of nitro groups is 1. The molecule has 11 nitrogen and oxygen atoms in total. The number of carbonyl (C=O) groups is 1. The maximum Gasteiger partial charge on any atom is 0.278 e. The molecule has 4 aromatic rings. The molecule has 188 valence electrons. The number of benzene rings is 3. The van der Waals surface area contributed by atoms with Crippen LogP contribution in [-0.2, 0) is 4.79 Å². The van der Waals surface area contributed by atoms with Gasteiger partial charge in [-0.15, -0.1) is 10.2 Å². The third-order valence-electron chi connectivity index (χ3n) is 5.15. The fourth-order valence-corrected chi connectivity index (χ4v) is 4.18. The predicted molar refractivity (Wildman–Crippen MR) is 139 cm³/mol. The van der Waals surface area contributed by atoms with Crippen LogP contribution in [0.25, 0.3) is 17.1 Å². The SMILES string of the molecule is COc1ccc(-c2nnc(SCC(=O)N/N=C\c3ccccc3[N+](=O)[O-])n2-c2ccccc2)cc1OC. The molecule has 0 spiro atoms. The second-order valence-corrected chi connectivity index (χ2v) is 8.39. The molecule has 1 aromatic heterocycles. The molecule has 3 aromatic carbocycles. The van der Waals surface area contributed by atoms with Crippen LogP contribution in [0.3, 0.4) is 0 Å². The maximum absolute atomic E-state index is 12.4. The first kappa shape index (κ1) is 25.4. The molecule has 0 saturated carbocycles. The molecule has 4 rings (SSSR count). The number of rotatable bonds is 10. The number of carbonyl (C=O) groups excluding carboxylic acids is 1. The Morgan fingerprint density at radius 1 is 1.05 bits per heavy atom. The molecule has 1 heterocycles. The van der Waals surface area contributed by atoms with Crippen LogP contribution in [0.1, 0.15) is 5.56 Å². The minimum absolute atomic E-state index is 0.00881. The third-order valence-corrected chi connectivity index (χ3v) is 6.08. The third kappa shape index (κ3) is 5.93. The smallest absolute Gasteiger partial charge is 0.278 e. The van der Waals surface area contributed by atoms with Gasteiger partial charge in [0.1, 0.15) is 0 Å². The summed E-state index contributed by atoms with van der Waals surface area (Å²) in [5, 5.41) is 24.2. The van der Waals surface area contributed by atoms with Crippen LogP contribution in [0, 0.1) is 10.1 Å². The van der Waals surface area contributed by atoms with E-state index in [1.54, 1.807) is 44.6 Å². The van der Waals surface area contributed by atoms with Crippen LogP contribution in [0.5, 0.6) is 11.5 Å². The number of nitrogens with one attached hydrogen (secondary N) is 1. The van der Waals surface area contributed by atoms with E-state index in [1.807, 2.05) is 41.0 Å². The van der Waals surface area contributed by atoms with Gasteiger partial charge in [0.15, 0.2) is 22.5 Å². The van der Waals surface area contributed by atoms with Crippen molar-refractivity contribution in [1.29, 1.82) is 0 Å². The Kier molecular flexibility index (Phi) is 8.11. The van der Waals surface area contributed by atoms with E-state index in [2.05, 4.69) is 20.7 Å². The highest BCUT2D eigenvalue weighted by Gasteiger charge is 2.19. The van der Waals surface area contributed by atoms with Crippen molar-refractivity contribution in [3.05, 3.63) is 88.5 Å². The number of thioether (sulfide) groups is 1. The Balaban J connectivity index is 1.54. The number of aromatic nitrogens is 3. The summed E-state index contributed by atoms with van der Waals surface area (Å²) in [4.78, 5) is 23.1. The summed E-state index contributed by atoms with van der Waals surface area (Å²) < 4.78 is 12.6. The summed E-state index contributed by atoms with van der Waals surface area (Å²) in [6.45, 7) is 0. The Morgan fingerprint density at radius 2 is 1.78 bits per heavy atom. The van der Waals surface area contributed by atoms with Gasteiger partial charge in [-0.3, -0.25) is 19.5 Å². The van der Waals surface area contributed by atoms with Crippen molar-refractivity contribution >= 4 is 29.6 Å². The second-order valence-electron chi connectivity index (χ2n) is 7.44. The minimum Gasteiger partial charge on any atom is -0.493 e. The Bertz CT molecular complexity index is 1440. The molecule has 0 bridgehead atoms. The fourth-order valence-electron chi connectivity index (χ4n) is 3.43. The molecular weight excluding hydrogens is 496 g/mol. The van der Waals surface area contributed by atoms with Gasteiger partial charge in [0.2, 0.25) is 0 Å². The minimum atomic E-state index is -0.509. The lowest BCUT2D eigenvalue weighted by Crippen LogP contribution is -2.20. The number of hydrogen-bond acceptors (Lipinski definition) is 9. The first-order valence-corrected chi connectivity index (χ1v) is 11.9. The Morgan fingerprint density at radius 3 is 2.51 bits per heavy atom. The average molecular weight is 519 g/mol. The lowest BCUT2D eigenvalue weighted by Gasteiger charge is -2.12. The number of nitro benzene ring substituents is 1. The van der Waals surface area contributed by atoms with Gasteiger partial charge in [-0.25, -0.2) is 5.43 Å². The van der Waals surface area contributed by atoms with Crippen molar-refractivity contribution in [3.8, 4) is 28.6 Å². The molecule has 0 radical (unpaired) electrons. The molecule has 0 aliphatic heterocycles. The van der Waals surface area contributed by atoms with Crippen LogP contribution in [-0.4, -0.2) is 51.8 Å². The first-order valence-electron chi connectivity index (χ1n) is 10.9. The van der Waals surface area contributed by atoms with Gasteiger partial charge in [0.05, 0.1) is 36.7 Å². The zero-order valence-electron chi connectivity index (χ0n) is 19.9. The number of amides is 1. The zero-order chi connectivity index (χ0) is 26.2. The number of para-hydroxylation sites is 2. The van der Waals surface area contributed by atoms with E-state index < -0.39 is 10.8 Å². The van der Waals surface area contributed by atoms with E-state index in [0.717, 1.165) is 11.3 Å². The highest BCUT2D eigenvalue weighted by Crippen LogP contribution is 2.34. The van der Waals surface area contributed by atoms with Crippen LogP contribution < -0.4 is 14.9 Å². The highest BCUT2D eigenvalue weighted by atomic mass is 32.2. The van der Waals surface area contributed by atoms with Crippen molar-refractivity contribution in [2.45, 2.75) is 5.16 Å². The van der Waals surface area contributed by atoms with Crippen molar-refractivity contribution in [2.24, 2.45) is 5.10 Å². The first-order chi connectivity index (χ1) is 18.0. The van der Waals surface area contributed by atoms with Gasteiger partial charge in [0, 0.05) is 17.3 Å². The predicted octanol–water partition coefficient (Wildman–Crippen LogP) is 4.10. The zero-order valence-corrected chi connectivity index (χ0v) is 20.7.